The lowest BCUT2D eigenvalue weighted by Crippen LogP contribution is -2.51. The van der Waals surface area contributed by atoms with Crippen molar-refractivity contribution < 1.29 is 32.3 Å². The zero-order chi connectivity index (χ0) is 33.1. The molecule has 2 heterocycles. The fourth-order valence-corrected chi connectivity index (χ4v) is 7.74. The number of carbonyl (C=O) groups excluding carboxylic acids is 3. The monoisotopic (exact) mass is 642 g/mol. The van der Waals surface area contributed by atoms with E-state index in [9.17, 15) is 22.8 Å². The molecule has 1 aromatic carbocycles. The zero-order valence-corrected chi connectivity index (χ0v) is 28.2. The minimum atomic E-state index is -4.07. The van der Waals surface area contributed by atoms with Gasteiger partial charge in [-0.25, -0.2) is 18.2 Å². The van der Waals surface area contributed by atoms with E-state index < -0.39 is 33.7 Å². The first-order chi connectivity index (χ1) is 21.1. The summed E-state index contributed by atoms with van der Waals surface area (Å²) in [4.78, 5) is 45.1. The molecule has 4 rings (SSSR count). The highest BCUT2D eigenvalue weighted by Gasteiger charge is 2.37. The van der Waals surface area contributed by atoms with Crippen LogP contribution in [0.2, 0.25) is 0 Å². The number of nitrogens with zero attached hydrogens (tertiary/aromatic N) is 2. The molecule has 2 amide bonds. The summed E-state index contributed by atoms with van der Waals surface area (Å²) >= 11 is 0. The molecule has 1 fully saturated rings. The van der Waals surface area contributed by atoms with Gasteiger partial charge in [0.15, 0.2) is 0 Å². The Balaban J connectivity index is 1.35. The van der Waals surface area contributed by atoms with Crippen LogP contribution in [0.25, 0.3) is 0 Å². The number of rotatable bonds is 10. The topological polar surface area (TPSA) is 144 Å². The fraction of sp³-hybridized carbons (Fsp3) is 0.576. The average Bonchev–Trinajstić information content (AvgIpc) is 2.90. The van der Waals surface area contributed by atoms with Crippen molar-refractivity contribution in [2.75, 3.05) is 24.6 Å². The molecule has 1 aliphatic carbocycles. The molecule has 1 aromatic heterocycles. The standard InChI is InChI=1S/C33H46N4O7S/c1-8-43-31(39)27(36-45(41,42)28-21(3)14-20(2)15-22(28)4)19-34-30(38)25-16-23(17-25)18-26-12-11-24-10-9-13-37(29(24)35-26)32(40)44-33(5,6)7/h11-12,14-15,23,25,27,36H,8-10,13,16-19H2,1-7H3,(H,34,38)/t23-,25+,27-/m0/s1. The lowest BCUT2D eigenvalue weighted by molar-refractivity contribution is -0.145. The van der Waals surface area contributed by atoms with E-state index in [0.717, 1.165) is 29.7 Å². The third-order valence-corrected chi connectivity index (χ3v) is 9.81. The largest absolute Gasteiger partial charge is 0.465 e. The smallest absolute Gasteiger partial charge is 0.416 e. The van der Waals surface area contributed by atoms with E-state index in [1.165, 1.54) is 0 Å². The van der Waals surface area contributed by atoms with Crippen LogP contribution in [-0.2, 0) is 41.9 Å². The molecule has 0 bridgehead atoms. The minimum Gasteiger partial charge on any atom is -0.465 e. The lowest BCUT2D eigenvalue weighted by Gasteiger charge is -2.35. The second kappa shape index (κ2) is 13.9. The van der Waals surface area contributed by atoms with Crippen LogP contribution in [0.15, 0.2) is 29.2 Å². The van der Waals surface area contributed by atoms with E-state index in [1.54, 1.807) is 37.8 Å². The number of benzene rings is 1. The van der Waals surface area contributed by atoms with Gasteiger partial charge in [0.25, 0.3) is 0 Å². The Morgan fingerprint density at radius 3 is 2.38 bits per heavy atom. The van der Waals surface area contributed by atoms with Crippen LogP contribution in [0.1, 0.15) is 74.9 Å². The molecule has 45 heavy (non-hydrogen) atoms. The van der Waals surface area contributed by atoms with E-state index in [0.29, 0.717) is 42.8 Å². The first-order valence-electron chi connectivity index (χ1n) is 15.6. The minimum absolute atomic E-state index is 0.0736. The predicted molar refractivity (Wildman–Crippen MR) is 170 cm³/mol. The van der Waals surface area contributed by atoms with Gasteiger partial charge in [-0.1, -0.05) is 23.8 Å². The number of nitrogens with one attached hydrogen (secondary N) is 2. The van der Waals surface area contributed by atoms with Crippen LogP contribution < -0.4 is 14.9 Å². The summed E-state index contributed by atoms with van der Waals surface area (Å²) in [5.74, 6) is -0.375. The summed E-state index contributed by atoms with van der Waals surface area (Å²) in [5, 5.41) is 2.76. The number of aromatic nitrogens is 1. The Morgan fingerprint density at radius 2 is 1.76 bits per heavy atom. The molecule has 2 aliphatic rings. The van der Waals surface area contributed by atoms with E-state index >= 15 is 0 Å². The molecule has 12 heteroatoms. The van der Waals surface area contributed by atoms with Gasteiger partial charge >= 0.3 is 12.1 Å². The van der Waals surface area contributed by atoms with E-state index in [-0.39, 0.29) is 35.8 Å². The van der Waals surface area contributed by atoms with Crippen molar-refractivity contribution >= 4 is 33.8 Å². The predicted octanol–water partition coefficient (Wildman–Crippen LogP) is 4.29. The van der Waals surface area contributed by atoms with Crippen LogP contribution in [0, 0.1) is 32.6 Å². The Hall–Kier alpha value is -3.51. The van der Waals surface area contributed by atoms with Crippen LogP contribution in [0.4, 0.5) is 10.6 Å². The molecule has 0 radical (unpaired) electrons. The van der Waals surface area contributed by atoms with Gasteiger partial charge in [-0.2, -0.15) is 4.72 Å². The summed E-state index contributed by atoms with van der Waals surface area (Å²) in [7, 11) is -4.07. The number of sulfonamides is 1. The molecule has 246 valence electrons. The number of pyridine rings is 1. The number of fused-ring (bicyclic) bond motifs is 1. The lowest BCUT2D eigenvalue weighted by atomic mass is 9.72. The molecule has 2 aromatic rings. The Labute approximate surface area is 266 Å². The Morgan fingerprint density at radius 1 is 1.09 bits per heavy atom. The molecule has 2 N–H and O–H groups in total. The second-order valence-corrected chi connectivity index (χ2v) is 14.8. The number of hydrogen-bond acceptors (Lipinski definition) is 8. The first kappa shape index (κ1) is 34.4. The second-order valence-electron chi connectivity index (χ2n) is 13.2. The number of esters is 1. The van der Waals surface area contributed by atoms with Crippen molar-refractivity contribution in [2.24, 2.45) is 11.8 Å². The molecular weight excluding hydrogens is 596 g/mol. The Bertz CT molecular complexity index is 1520. The number of carbonyl (C=O) groups is 3. The highest BCUT2D eigenvalue weighted by Crippen LogP contribution is 2.37. The van der Waals surface area contributed by atoms with Gasteiger partial charge in [-0.3, -0.25) is 14.5 Å². The summed E-state index contributed by atoms with van der Waals surface area (Å²) < 4.78 is 39.8. The first-order valence-corrected chi connectivity index (χ1v) is 17.1. The summed E-state index contributed by atoms with van der Waals surface area (Å²) in [5.41, 5.74) is 3.33. The van der Waals surface area contributed by atoms with Gasteiger partial charge in [0.05, 0.1) is 11.5 Å². The molecule has 1 aliphatic heterocycles. The molecule has 0 saturated heterocycles. The van der Waals surface area contributed by atoms with E-state index in [4.69, 9.17) is 14.5 Å². The van der Waals surface area contributed by atoms with Crippen LogP contribution in [-0.4, -0.2) is 62.7 Å². The summed E-state index contributed by atoms with van der Waals surface area (Å²) in [6.45, 7) is 12.9. The molecule has 0 unspecified atom stereocenters. The molecule has 0 spiro atoms. The van der Waals surface area contributed by atoms with E-state index in [1.807, 2.05) is 39.8 Å². The van der Waals surface area contributed by atoms with Crippen LogP contribution in [0.3, 0.4) is 0 Å². The number of anilines is 1. The summed E-state index contributed by atoms with van der Waals surface area (Å²) in [6.07, 6.45) is 3.23. The number of amides is 2. The number of ether oxygens (including phenoxy) is 2. The molecule has 11 nitrogen and oxygen atoms in total. The van der Waals surface area contributed by atoms with Gasteiger partial charge in [0.2, 0.25) is 15.9 Å². The van der Waals surface area contributed by atoms with Crippen molar-refractivity contribution in [3.8, 4) is 0 Å². The van der Waals surface area contributed by atoms with Crippen molar-refractivity contribution in [3.63, 3.8) is 0 Å². The maximum absolute atomic E-state index is 13.3. The maximum atomic E-state index is 13.3. The number of aryl methyl sites for hydroxylation is 4. The maximum Gasteiger partial charge on any atom is 0.416 e. The zero-order valence-electron chi connectivity index (χ0n) is 27.4. The Kier molecular flexibility index (Phi) is 10.6. The highest BCUT2D eigenvalue weighted by molar-refractivity contribution is 7.89. The van der Waals surface area contributed by atoms with Crippen LogP contribution >= 0.6 is 0 Å². The van der Waals surface area contributed by atoms with Gasteiger partial charge < -0.3 is 14.8 Å². The summed E-state index contributed by atoms with van der Waals surface area (Å²) in [6, 6.07) is 6.27. The van der Waals surface area contributed by atoms with E-state index in [2.05, 4.69) is 10.0 Å². The molecule has 1 atom stereocenters. The van der Waals surface area contributed by atoms with Crippen LogP contribution in [0.5, 0.6) is 0 Å². The molecule has 1 saturated carbocycles. The quantitative estimate of drug-likeness (QED) is 0.366. The highest BCUT2D eigenvalue weighted by atomic mass is 32.2. The SMILES string of the molecule is CCOC(=O)[C@H](CNC(=O)[C@H]1C[C@@H](Cc2ccc3c(n2)N(C(=O)OC(C)(C)C)CCC3)C1)NS(=O)(=O)c1c(C)cc(C)cc1C. The molecular formula is C33H46N4O7S. The van der Waals surface area contributed by atoms with Gasteiger partial charge in [-0.15, -0.1) is 0 Å². The van der Waals surface area contributed by atoms with Crippen molar-refractivity contribution in [3.05, 3.63) is 52.2 Å². The number of hydrogen-bond donors (Lipinski definition) is 2. The third-order valence-electron chi connectivity index (χ3n) is 8.04. The third kappa shape index (κ3) is 8.61. The van der Waals surface area contributed by atoms with Gasteiger partial charge in [0, 0.05) is 24.7 Å². The average molecular weight is 643 g/mol. The normalized spacial score (nSPS) is 18.8. The van der Waals surface area contributed by atoms with Crippen molar-refractivity contribution in [1.82, 2.24) is 15.0 Å². The van der Waals surface area contributed by atoms with Gasteiger partial charge in [-0.05, 0) is 109 Å². The fourth-order valence-electron chi connectivity index (χ4n) is 6.10. The van der Waals surface area contributed by atoms with Crippen molar-refractivity contribution in [1.29, 1.82) is 0 Å². The van der Waals surface area contributed by atoms with Gasteiger partial charge in [0.1, 0.15) is 17.5 Å². The van der Waals surface area contributed by atoms with Crippen molar-refractivity contribution in [2.45, 2.75) is 97.1 Å².